The summed E-state index contributed by atoms with van der Waals surface area (Å²) in [7, 11) is 0. The first-order chi connectivity index (χ1) is 8.08. The van der Waals surface area contributed by atoms with Crippen LogP contribution in [0, 0.1) is 6.92 Å². The van der Waals surface area contributed by atoms with Gasteiger partial charge in [-0.2, -0.15) is 0 Å². The second-order valence-corrected chi connectivity index (χ2v) is 5.28. The molecule has 1 aromatic rings. The molecule has 1 aliphatic rings. The summed E-state index contributed by atoms with van der Waals surface area (Å²) in [6.07, 6.45) is 1.76. The fourth-order valence-electron chi connectivity index (χ4n) is 2.52. The van der Waals surface area contributed by atoms with Crippen LogP contribution in [0.1, 0.15) is 43.7 Å². The Morgan fingerprint density at radius 1 is 1.24 bits per heavy atom. The number of amides is 1. The summed E-state index contributed by atoms with van der Waals surface area (Å²) in [5, 5.41) is 0. The molecule has 0 aromatic heterocycles. The van der Waals surface area contributed by atoms with Crippen molar-refractivity contribution < 1.29 is 4.79 Å². The quantitative estimate of drug-likeness (QED) is 0.766. The van der Waals surface area contributed by atoms with Gasteiger partial charge in [-0.1, -0.05) is 29.8 Å². The molecule has 2 rings (SSSR count). The minimum atomic E-state index is 0.303. The molecular formula is C15H21NO. The molecule has 0 radical (unpaired) electrons. The number of hydrogen-bond donors (Lipinski definition) is 0. The minimum absolute atomic E-state index is 0.303. The highest BCUT2D eigenvalue weighted by molar-refractivity contribution is 5.78. The first-order valence-corrected chi connectivity index (χ1v) is 6.44. The normalized spacial score (nSPS) is 21.1. The summed E-state index contributed by atoms with van der Waals surface area (Å²) in [5.74, 6) is 0.718. The topological polar surface area (TPSA) is 20.3 Å². The van der Waals surface area contributed by atoms with Crippen molar-refractivity contribution in [3.05, 3.63) is 35.4 Å². The second-order valence-electron chi connectivity index (χ2n) is 5.28. The average Bonchev–Trinajstić information content (AvgIpc) is 2.29. The van der Waals surface area contributed by atoms with E-state index in [2.05, 4.69) is 45.0 Å². The Labute approximate surface area is 104 Å². The second kappa shape index (κ2) is 4.91. The maximum absolute atomic E-state index is 12.0. The molecule has 1 aliphatic heterocycles. The first-order valence-electron chi connectivity index (χ1n) is 6.44. The maximum atomic E-state index is 12.0. The minimum Gasteiger partial charge on any atom is -0.340 e. The fourth-order valence-corrected chi connectivity index (χ4v) is 2.52. The van der Waals surface area contributed by atoms with Gasteiger partial charge in [-0.15, -0.1) is 0 Å². The van der Waals surface area contributed by atoms with Crippen LogP contribution < -0.4 is 0 Å². The monoisotopic (exact) mass is 231 g/mol. The molecule has 17 heavy (non-hydrogen) atoms. The van der Waals surface area contributed by atoms with Crippen LogP contribution in [-0.2, 0) is 4.79 Å². The molecule has 1 unspecified atom stereocenters. The Bertz CT molecular complexity index is 394. The van der Waals surface area contributed by atoms with Crippen LogP contribution in [0.4, 0.5) is 0 Å². The Morgan fingerprint density at radius 3 is 2.41 bits per heavy atom. The van der Waals surface area contributed by atoms with Gasteiger partial charge in [0, 0.05) is 19.0 Å². The van der Waals surface area contributed by atoms with E-state index in [1.807, 2.05) is 4.90 Å². The predicted octanol–water partition coefficient (Wildman–Crippen LogP) is 3.11. The Kier molecular flexibility index (Phi) is 3.51. The molecule has 0 aliphatic carbocycles. The molecule has 0 spiro atoms. The molecule has 0 bridgehead atoms. The van der Waals surface area contributed by atoms with Gasteiger partial charge in [-0.05, 0) is 38.7 Å². The Hall–Kier alpha value is -1.31. The van der Waals surface area contributed by atoms with Crippen molar-refractivity contribution in [2.45, 2.75) is 45.6 Å². The number of carbonyl (C=O) groups is 1. The highest BCUT2D eigenvalue weighted by Gasteiger charge is 2.27. The number of likely N-dealkylation sites (tertiary alicyclic amines) is 1. The standard InChI is InChI=1S/C15H21NO/c1-11(2)16-9-8-14(10-15(16)17)13-6-4-12(3)5-7-13/h4-7,11,14H,8-10H2,1-3H3. The number of aryl methyl sites for hydroxylation is 1. The predicted molar refractivity (Wildman–Crippen MR) is 70.0 cm³/mol. The third-order valence-electron chi connectivity index (χ3n) is 3.63. The van der Waals surface area contributed by atoms with Gasteiger partial charge >= 0.3 is 0 Å². The molecular weight excluding hydrogens is 210 g/mol. The molecule has 1 amide bonds. The van der Waals surface area contributed by atoms with Crippen molar-refractivity contribution >= 4 is 5.91 Å². The lowest BCUT2D eigenvalue weighted by molar-refractivity contribution is -0.135. The smallest absolute Gasteiger partial charge is 0.223 e. The maximum Gasteiger partial charge on any atom is 0.223 e. The van der Waals surface area contributed by atoms with Crippen molar-refractivity contribution in [3.63, 3.8) is 0 Å². The number of rotatable bonds is 2. The summed E-state index contributed by atoms with van der Waals surface area (Å²) in [5.41, 5.74) is 2.59. The van der Waals surface area contributed by atoms with E-state index in [0.29, 0.717) is 24.3 Å². The largest absolute Gasteiger partial charge is 0.340 e. The fraction of sp³-hybridized carbons (Fsp3) is 0.533. The van der Waals surface area contributed by atoms with Gasteiger partial charge in [0.05, 0.1) is 0 Å². The Balaban J connectivity index is 2.07. The third kappa shape index (κ3) is 2.68. The summed E-state index contributed by atoms with van der Waals surface area (Å²) in [6, 6.07) is 8.93. The van der Waals surface area contributed by atoms with E-state index in [1.165, 1.54) is 11.1 Å². The first kappa shape index (κ1) is 12.2. The number of nitrogens with zero attached hydrogens (tertiary/aromatic N) is 1. The zero-order valence-corrected chi connectivity index (χ0v) is 10.9. The van der Waals surface area contributed by atoms with Gasteiger partial charge in [0.2, 0.25) is 5.91 Å². The lowest BCUT2D eigenvalue weighted by atomic mass is 9.88. The van der Waals surface area contributed by atoms with Crippen molar-refractivity contribution in [3.8, 4) is 0 Å². The van der Waals surface area contributed by atoms with Crippen LogP contribution >= 0.6 is 0 Å². The number of benzene rings is 1. The number of piperidine rings is 1. The lowest BCUT2D eigenvalue weighted by Gasteiger charge is -2.34. The van der Waals surface area contributed by atoms with Gasteiger partial charge in [0.15, 0.2) is 0 Å². The highest BCUT2D eigenvalue weighted by Crippen LogP contribution is 2.29. The molecule has 1 atom stereocenters. The Morgan fingerprint density at radius 2 is 1.88 bits per heavy atom. The zero-order chi connectivity index (χ0) is 12.4. The van der Waals surface area contributed by atoms with E-state index in [9.17, 15) is 4.79 Å². The SMILES string of the molecule is Cc1ccc(C2CCN(C(C)C)C(=O)C2)cc1. The molecule has 1 fully saturated rings. The van der Waals surface area contributed by atoms with Crippen LogP contribution in [0.15, 0.2) is 24.3 Å². The van der Waals surface area contributed by atoms with E-state index in [1.54, 1.807) is 0 Å². The molecule has 92 valence electrons. The van der Waals surface area contributed by atoms with Gasteiger partial charge in [-0.3, -0.25) is 4.79 Å². The van der Waals surface area contributed by atoms with Crippen molar-refractivity contribution in [2.24, 2.45) is 0 Å². The summed E-state index contributed by atoms with van der Waals surface area (Å²) >= 11 is 0. The van der Waals surface area contributed by atoms with Gasteiger partial charge in [0.25, 0.3) is 0 Å². The van der Waals surface area contributed by atoms with E-state index < -0.39 is 0 Å². The summed E-state index contributed by atoms with van der Waals surface area (Å²) in [6.45, 7) is 7.17. The summed E-state index contributed by atoms with van der Waals surface area (Å²) < 4.78 is 0. The molecule has 1 heterocycles. The van der Waals surface area contributed by atoms with E-state index in [4.69, 9.17) is 0 Å². The molecule has 1 aromatic carbocycles. The third-order valence-corrected chi connectivity index (χ3v) is 3.63. The van der Waals surface area contributed by atoms with E-state index in [-0.39, 0.29) is 0 Å². The average molecular weight is 231 g/mol. The number of hydrogen-bond acceptors (Lipinski definition) is 1. The van der Waals surface area contributed by atoms with Crippen molar-refractivity contribution in [2.75, 3.05) is 6.54 Å². The molecule has 1 saturated heterocycles. The number of carbonyl (C=O) groups excluding carboxylic acids is 1. The molecule has 0 saturated carbocycles. The van der Waals surface area contributed by atoms with Crippen molar-refractivity contribution in [1.29, 1.82) is 0 Å². The van der Waals surface area contributed by atoms with Gasteiger partial charge in [-0.25, -0.2) is 0 Å². The van der Waals surface area contributed by atoms with Crippen molar-refractivity contribution in [1.82, 2.24) is 4.90 Å². The summed E-state index contributed by atoms with van der Waals surface area (Å²) in [4.78, 5) is 14.0. The van der Waals surface area contributed by atoms with E-state index >= 15 is 0 Å². The van der Waals surface area contributed by atoms with E-state index in [0.717, 1.165) is 13.0 Å². The highest BCUT2D eigenvalue weighted by atomic mass is 16.2. The van der Waals surface area contributed by atoms with Crippen LogP contribution in [0.3, 0.4) is 0 Å². The van der Waals surface area contributed by atoms with Gasteiger partial charge in [0.1, 0.15) is 0 Å². The van der Waals surface area contributed by atoms with Crippen LogP contribution in [0.5, 0.6) is 0 Å². The lowest BCUT2D eigenvalue weighted by Crippen LogP contribution is -2.42. The van der Waals surface area contributed by atoms with Crippen LogP contribution in [0.2, 0.25) is 0 Å². The molecule has 2 nitrogen and oxygen atoms in total. The van der Waals surface area contributed by atoms with Gasteiger partial charge < -0.3 is 4.90 Å². The molecule has 0 N–H and O–H groups in total. The van der Waals surface area contributed by atoms with Crippen LogP contribution in [-0.4, -0.2) is 23.4 Å². The molecule has 2 heteroatoms. The van der Waals surface area contributed by atoms with Crippen LogP contribution in [0.25, 0.3) is 0 Å². The zero-order valence-electron chi connectivity index (χ0n) is 10.9.